The molecule has 0 heterocycles. The summed E-state index contributed by atoms with van der Waals surface area (Å²) in [6.07, 6.45) is 2.79. The summed E-state index contributed by atoms with van der Waals surface area (Å²) < 4.78 is 0. The Bertz CT molecular complexity index is 1220. The Morgan fingerprint density at radius 1 is 0.806 bits per heavy atom. The van der Waals surface area contributed by atoms with Crippen LogP contribution in [0.3, 0.4) is 0 Å². The van der Waals surface area contributed by atoms with E-state index in [0.717, 1.165) is 17.5 Å². The van der Waals surface area contributed by atoms with Crippen molar-refractivity contribution in [2.45, 2.75) is 32.9 Å². The third-order valence-corrected chi connectivity index (χ3v) is 8.86. The van der Waals surface area contributed by atoms with E-state index in [1.807, 2.05) is 42.6 Å². The zero-order valence-electron chi connectivity index (χ0n) is 20.9. The van der Waals surface area contributed by atoms with Crippen LogP contribution in [0.4, 0.5) is 0 Å². The number of amides is 1. The first kappa shape index (κ1) is 25.5. The SMILES string of the molecule is CCC(C)C(N=Cc1ccccc1P(c1ccccc1)c1ccccc1)C(=O)NCc1ccccc1. The molecule has 0 fully saturated rings. The molecule has 0 saturated heterocycles. The first-order chi connectivity index (χ1) is 17.7. The Hall–Kier alpha value is -3.55. The van der Waals surface area contributed by atoms with Crippen LogP contribution in [0, 0.1) is 5.92 Å². The molecule has 1 N–H and O–H groups in total. The molecule has 0 aromatic heterocycles. The van der Waals surface area contributed by atoms with Gasteiger partial charge in [0.1, 0.15) is 6.04 Å². The third kappa shape index (κ3) is 6.56. The predicted octanol–water partition coefficient (Wildman–Crippen LogP) is 5.59. The number of benzene rings is 4. The minimum Gasteiger partial charge on any atom is -0.350 e. The lowest BCUT2D eigenvalue weighted by Crippen LogP contribution is -2.37. The van der Waals surface area contributed by atoms with Crippen molar-refractivity contribution in [3.63, 3.8) is 0 Å². The molecule has 36 heavy (non-hydrogen) atoms. The predicted molar refractivity (Wildman–Crippen MR) is 154 cm³/mol. The Morgan fingerprint density at radius 2 is 1.33 bits per heavy atom. The van der Waals surface area contributed by atoms with Gasteiger partial charge in [0.25, 0.3) is 0 Å². The lowest BCUT2D eigenvalue weighted by molar-refractivity contribution is -0.123. The number of carbonyl (C=O) groups excluding carboxylic acids is 1. The average Bonchev–Trinajstić information content (AvgIpc) is 2.94. The second-order valence-corrected chi connectivity index (χ2v) is 11.1. The summed E-state index contributed by atoms with van der Waals surface area (Å²) in [5.74, 6) is 0.101. The van der Waals surface area contributed by atoms with E-state index >= 15 is 0 Å². The van der Waals surface area contributed by atoms with Gasteiger partial charge in [0, 0.05) is 18.3 Å². The molecule has 4 aromatic rings. The molecule has 0 radical (unpaired) electrons. The second-order valence-electron chi connectivity index (χ2n) is 8.88. The van der Waals surface area contributed by atoms with Gasteiger partial charge in [0.05, 0.1) is 0 Å². The van der Waals surface area contributed by atoms with Crippen LogP contribution >= 0.6 is 7.92 Å². The van der Waals surface area contributed by atoms with Gasteiger partial charge in [0.2, 0.25) is 5.91 Å². The number of nitrogens with zero attached hydrogens (tertiary/aromatic N) is 1. The van der Waals surface area contributed by atoms with E-state index in [1.165, 1.54) is 15.9 Å². The highest BCUT2D eigenvalue weighted by Gasteiger charge is 2.23. The molecule has 4 heteroatoms. The van der Waals surface area contributed by atoms with Gasteiger partial charge in [-0.3, -0.25) is 9.79 Å². The summed E-state index contributed by atoms with van der Waals surface area (Å²) in [6, 6.07) is 39.3. The van der Waals surface area contributed by atoms with Crippen LogP contribution < -0.4 is 21.2 Å². The van der Waals surface area contributed by atoms with Crippen molar-refractivity contribution in [1.82, 2.24) is 5.32 Å². The number of carbonyl (C=O) groups is 1. The highest BCUT2D eigenvalue weighted by atomic mass is 31.1. The van der Waals surface area contributed by atoms with Crippen LogP contribution in [-0.2, 0) is 11.3 Å². The Balaban J connectivity index is 1.64. The molecule has 0 spiro atoms. The van der Waals surface area contributed by atoms with Crippen molar-refractivity contribution in [1.29, 1.82) is 0 Å². The smallest absolute Gasteiger partial charge is 0.245 e. The van der Waals surface area contributed by atoms with E-state index in [2.05, 4.69) is 98.0 Å². The molecule has 4 aromatic carbocycles. The van der Waals surface area contributed by atoms with Crippen molar-refractivity contribution in [2.75, 3.05) is 0 Å². The van der Waals surface area contributed by atoms with Crippen LogP contribution in [-0.4, -0.2) is 18.2 Å². The third-order valence-electron chi connectivity index (χ3n) is 6.34. The normalized spacial score (nSPS) is 13.0. The van der Waals surface area contributed by atoms with E-state index in [4.69, 9.17) is 4.99 Å². The van der Waals surface area contributed by atoms with Crippen LogP contribution in [0.2, 0.25) is 0 Å². The van der Waals surface area contributed by atoms with E-state index in [0.29, 0.717) is 6.54 Å². The number of hydrogen-bond acceptors (Lipinski definition) is 2. The second kappa shape index (κ2) is 13.0. The lowest BCUT2D eigenvalue weighted by Gasteiger charge is -2.22. The van der Waals surface area contributed by atoms with Crippen molar-refractivity contribution in [3.05, 3.63) is 126 Å². The van der Waals surface area contributed by atoms with Crippen molar-refractivity contribution in [3.8, 4) is 0 Å². The molecular formula is C32H33N2OP. The summed E-state index contributed by atoms with van der Waals surface area (Å²) in [4.78, 5) is 18.1. The number of nitrogens with one attached hydrogen (secondary N) is 1. The molecule has 2 atom stereocenters. The Labute approximate surface area is 216 Å². The summed E-state index contributed by atoms with van der Waals surface area (Å²) in [5, 5.41) is 6.91. The van der Waals surface area contributed by atoms with E-state index in [1.54, 1.807) is 0 Å². The van der Waals surface area contributed by atoms with Gasteiger partial charge >= 0.3 is 0 Å². The highest BCUT2D eigenvalue weighted by molar-refractivity contribution is 7.80. The minimum atomic E-state index is -0.761. The summed E-state index contributed by atoms with van der Waals surface area (Å²) >= 11 is 0. The maximum atomic E-state index is 13.2. The number of hydrogen-bond donors (Lipinski definition) is 1. The first-order valence-corrected chi connectivity index (χ1v) is 13.9. The largest absolute Gasteiger partial charge is 0.350 e. The lowest BCUT2D eigenvalue weighted by atomic mass is 9.99. The quantitative estimate of drug-likeness (QED) is 0.227. The molecule has 3 nitrogen and oxygen atoms in total. The zero-order chi connectivity index (χ0) is 25.2. The molecule has 0 aliphatic rings. The number of aliphatic imine (C=N–C) groups is 1. The Morgan fingerprint density at radius 3 is 1.92 bits per heavy atom. The molecule has 1 amide bonds. The molecule has 0 bridgehead atoms. The molecule has 4 rings (SSSR count). The topological polar surface area (TPSA) is 41.5 Å². The fourth-order valence-electron chi connectivity index (χ4n) is 4.13. The van der Waals surface area contributed by atoms with Crippen molar-refractivity contribution in [2.24, 2.45) is 10.9 Å². The fourth-order valence-corrected chi connectivity index (χ4v) is 6.55. The summed E-state index contributed by atoms with van der Waals surface area (Å²) in [6.45, 7) is 4.71. The molecular weight excluding hydrogens is 459 g/mol. The van der Waals surface area contributed by atoms with Gasteiger partial charge in [-0.1, -0.05) is 136 Å². The maximum Gasteiger partial charge on any atom is 0.245 e. The maximum absolute atomic E-state index is 13.2. The van der Waals surface area contributed by atoms with E-state index < -0.39 is 14.0 Å². The van der Waals surface area contributed by atoms with Gasteiger partial charge < -0.3 is 5.32 Å². The summed E-state index contributed by atoms with van der Waals surface area (Å²) in [5.41, 5.74) is 2.14. The van der Waals surface area contributed by atoms with Crippen LogP contribution in [0.5, 0.6) is 0 Å². The monoisotopic (exact) mass is 492 g/mol. The van der Waals surface area contributed by atoms with Crippen molar-refractivity contribution < 1.29 is 4.79 Å². The van der Waals surface area contributed by atoms with E-state index in [-0.39, 0.29) is 11.8 Å². The first-order valence-electron chi connectivity index (χ1n) is 12.5. The fraction of sp³-hybridized carbons (Fsp3) is 0.188. The van der Waals surface area contributed by atoms with E-state index in [9.17, 15) is 4.79 Å². The molecule has 2 unspecified atom stereocenters. The zero-order valence-corrected chi connectivity index (χ0v) is 21.8. The van der Waals surface area contributed by atoms with Gasteiger partial charge in [-0.15, -0.1) is 0 Å². The van der Waals surface area contributed by atoms with Gasteiger partial charge in [-0.25, -0.2) is 0 Å². The standard InChI is InChI=1S/C32H33N2OP/c1-3-25(2)31(32(35)34-23-26-15-7-4-8-16-26)33-24-27-17-13-14-22-30(27)36(28-18-9-5-10-19-28)29-20-11-6-12-21-29/h4-22,24-25,31H,3,23H2,1-2H3,(H,34,35). The molecule has 0 saturated carbocycles. The molecule has 182 valence electrons. The number of rotatable bonds is 10. The highest BCUT2D eigenvalue weighted by Crippen LogP contribution is 2.33. The summed E-state index contributed by atoms with van der Waals surface area (Å²) in [7, 11) is -0.761. The van der Waals surface area contributed by atoms with Gasteiger partial charge in [-0.05, 0) is 35.3 Å². The molecule has 0 aliphatic carbocycles. The van der Waals surface area contributed by atoms with Crippen LogP contribution in [0.15, 0.2) is 120 Å². The minimum absolute atomic E-state index is 0.0321. The molecule has 0 aliphatic heterocycles. The average molecular weight is 493 g/mol. The van der Waals surface area contributed by atoms with Crippen LogP contribution in [0.25, 0.3) is 0 Å². The van der Waals surface area contributed by atoms with Crippen molar-refractivity contribution >= 4 is 36.0 Å². The van der Waals surface area contributed by atoms with Gasteiger partial charge in [-0.2, -0.15) is 0 Å². The van der Waals surface area contributed by atoms with Gasteiger partial charge in [0.15, 0.2) is 0 Å². The Kier molecular flexibility index (Phi) is 9.19. The van der Waals surface area contributed by atoms with Crippen LogP contribution in [0.1, 0.15) is 31.4 Å².